The topological polar surface area (TPSA) is 140 Å². The third-order valence-electron chi connectivity index (χ3n) is 1.89. The number of aliphatic carboxylic acids is 1. The maximum atomic E-state index is 10.6. The number of aliphatic imine (C=N–C) groups is 1. The first-order chi connectivity index (χ1) is 6.49. The zero-order valence-corrected chi connectivity index (χ0v) is 8.10. The number of carboxylic acid groups (broad SMARTS) is 1. The molecule has 0 saturated carbocycles. The van der Waals surface area contributed by atoms with Gasteiger partial charge in [0.25, 0.3) is 0 Å². The van der Waals surface area contributed by atoms with Crippen molar-refractivity contribution in [1.82, 2.24) is 5.43 Å². The number of hydrazine groups is 1. The van der Waals surface area contributed by atoms with Crippen LogP contribution in [-0.4, -0.2) is 29.6 Å². The summed E-state index contributed by atoms with van der Waals surface area (Å²) in [4.78, 5) is 14.4. The Kier molecular flexibility index (Phi) is 5.58. The first-order valence-electron chi connectivity index (χ1n) is 4.23. The molecule has 0 saturated heterocycles. The number of guanidine groups is 1. The Bertz CT molecular complexity index is 214. The van der Waals surface area contributed by atoms with Gasteiger partial charge in [-0.1, -0.05) is 6.92 Å². The van der Waals surface area contributed by atoms with E-state index in [9.17, 15) is 4.79 Å². The van der Waals surface area contributed by atoms with Gasteiger partial charge in [-0.3, -0.25) is 15.6 Å². The summed E-state index contributed by atoms with van der Waals surface area (Å²) in [7, 11) is 0. The smallest absolute Gasteiger partial charge is 0.322 e. The van der Waals surface area contributed by atoms with Gasteiger partial charge in [0, 0.05) is 6.54 Å². The van der Waals surface area contributed by atoms with Crippen LogP contribution in [0.2, 0.25) is 0 Å². The van der Waals surface area contributed by atoms with E-state index in [1.165, 1.54) is 0 Å². The summed E-state index contributed by atoms with van der Waals surface area (Å²) in [6.45, 7) is 2.16. The Morgan fingerprint density at radius 2 is 2.14 bits per heavy atom. The predicted octanol–water partition coefficient (Wildman–Crippen LogP) is -1.80. The first-order valence-corrected chi connectivity index (χ1v) is 4.23. The van der Waals surface area contributed by atoms with Gasteiger partial charge in [-0.15, -0.1) is 0 Å². The van der Waals surface area contributed by atoms with Gasteiger partial charge >= 0.3 is 5.97 Å². The van der Waals surface area contributed by atoms with Crippen molar-refractivity contribution in [2.45, 2.75) is 19.4 Å². The van der Waals surface area contributed by atoms with E-state index < -0.39 is 12.0 Å². The Hall–Kier alpha value is -1.34. The summed E-state index contributed by atoms with van der Waals surface area (Å²) in [5.41, 5.74) is 12.5. The zero-order valence-electron chi connectivity index (χ0n) is 8.10. The van der Waals surface area contributed by atoms with E-state index in [2.05, 4.69) is 10.4 Å². The first kappa shape index (κ1) is 12.7. The third-order valence-corrected chi connectivity index (χ3v) is 1.89. The molecule has 14 heavy (non-hydrogen) atoms. The molecule has 0 heterocycles. The molecule has 0 fully saturated rings. The molecule has 2 atom stereocenters. The van der Waals surface area contributed by atoms with Crippen molar-refractivity contribution >= 4 is 11.9 Å². The number of nitrogens with one attached hydrogen (secondary N) is 1. The Morgan fingerprint density at radius 1 is 1.57 bits per heavy atom. The Labute approximate surface area is 82.3 Å². The molecule has 7 heteroatoms. The number of hydrogen-bond acceptors (Lipinski definition) is 4. The van der Waals surface area contributed by atoms with Crippen molar-refractivity contribution in [3.05, 3.63) is 0 Å². The van der Waals surface area contributed by atoms with Gasteiger partial charge in [-0.05, 0) is 12.3 Å². The maximum absolute atomic E-state index is 10.6. The zero-order chi connectivity index (χ0) is 11.1. The van der Waals surface area contributed by atoms with Crippen molar-refractivity contribution < 1.29 is 9.90 Å². The minimum absolute atomic E-state index is 0.00443. The van der Waals surface area contributed by atoms with Crippen LogP contribution in [0.3, 0.4) is 0 Å². The monoisotopic (exact) mass is 203 g/mol. The summed E-state index contributed by atoms with van der Waals surface area (Å²) >= 11 is 0. The molecule has 0 radical (unpaired) electrons. The minimum atomic E-state index is -0.982. The Morgan fingerprint density at radius 3 is 2.50 bits per heavy atom. The van der Waals surface area contributed by atoms with E-state index in [4.69, 9.17) is 22.4 Å². The van der Waals surface area contributed by atoms with E-state index in [1.54, 1.807) is 6.92 Å². The molecule has 0 aliphatic heterocycles. The summed E-state index contributed by atoms with van der Waals surface area (Å²) < 4.78 is 0. The standard InChI is InChI=1S/C7H17N5O2/c1-4(2-3-11-7(8)9)5(12-10)6(13)14/h4-5,12H,2-3,10H2,1H3,(H,13,14)(H4,8,9,11). The highest BCUT2D eigenvalue weighted by atomic mass is 16.4. The van der Waals surface area contributed by atoms with Crippen LogP contribution >= 0.6 is 0 Å². The molecule has 0 spiro atoms. The number of rotatable bonds is 6. The number of nitrogens with two attached hydrogens (primary N) is 3. The summed E-state index contributed by atoms with van der Waals surface area (Å²) in [6, 6.07) is -0.774. The summed E-state index contributed by atoms with van der Waals surface area (Å²) in [5.74, 6) is 3.97. The van der Waals surface area contributed by atoms with Crippen LogP contribution in [0.4, 0.5) is 0 Å². The third kappa shape index (κ3) is 4.63. The minimum Gasteiger partial charge on any atom is -0.480 e. The van der Waals surface area contributed by atoms with Crippen LogP contribution in [0.1, 0.15) is 13.3 Å². The molecule has 0 aliphatic rings. The highest BCUT2D eigenvalue weighted by Crippen LogP contribution is 2.07. The van der Waals surface area contributed by atoms with Crippen LogP contribution in [0.25, 0.3) is 0 Å². The molecule has 0 bridgehead atoms. The second kappa shape index (κ2) is 6.17. The van der Waals surface area contributed by atoms with Crippen LogP contribution in [0.15, 0.2) is 4.99 Å². The lowest BCUT2D eigenvalue weighted by Gasteiger charge is -2.17. The van der Waals surface area contributed by atoms with Crippen molar-refractivity contribution in [3.63, 3.8) is 0 Å². The van der Waals surface area contributed by atoms with Crippen LogP contribution < -0.4 is 22.7 Å². The van der Waals surface area contributed by atoms with Gasteiger partial charge in [0.15, 0.2) is 5.96 Å². The largest absolute Gasteiger partial charge is 0.480 e. The van der Waals surface area contributed by atoms with Crippen LogP contribution in [0.5, 0.6) is 0 Å². The van der Waals surface area contributed by atoms with Crippen LogP contribution in [0, 0.1) is 5.92 Å². The van der Waals surface area contributed by atoms with E-state index in [-0.39, 0.29) is 11.9 Å². The highest BCUT2D eigenvalue weighted by Gasteiger charge is 2.22. The predicted molar refractivity (Wildman–Crippen MR) is 53.2 cm³/mol. The average Bonchev–Trinajstić information content (AvgIpc) is 2.03. The fraction of sp³-hybridized carbons (Fsp3) is 0.714. The molecular formula is C7H17N5O2. The number of hydrogen-bond donors (Lipinski definition) is 5. The fourth-order valence-electron chi connectivity index (χ4n) is 1.04. The van der Waals surface area contributed by atoms with E-state index in [1.807, 2.05) is 0 Å². The van der Waals surface area contributed by atoms with Crippen molar-refractivity contribution in [2.24, 2.45) is 28.2 Å². The SMILES string of the molecule is CC(CCN=C(N)N)C(NN)C(=O)O. The van der Waals surface area contributed by atoms with Crippen molar-refractivity contribution in [1.29, 1.82) is 0 Å². The second-order valence-corrected chi connectivity index (χ2v) is 3.06. The lowest BCUT2D eigenvalue weighted by Crippen LogP contribution is -2.46. The molecule has 7 nitrogen and oxygen atoms in total. The van der Waals surface area contributed by atoms with Crippen LogP contribution in [-0.2, 0) is 4.79 Å². The van der Waals surface area contributed by atoms with Crippen molar-refractivity contribution in [2.75, 3.05) is 6.54 Å². The van der Waals surface area contributed by atoms with E-state index in [0.29, 0.717) is 13.0 Å². The number of carbonyl (C=O) groups is 1. The fourth-order valence-corrected chi connectivity index (χ4v) is 1.04. The summed E-state index contributed by atoms with van der Waals surface area (Å²) in [5, 5.41) is 8.72. The van der Waals surface area contributed by atoms with Gasteiger partial charge in [0.2, 0.25) is 0 Å². The molecule has 82 valence electrons. The Balaban J connectivity index is 3.99. The molecule has 0 aliphatic carbocycles. The quantitative estimate of drug-likeness (QED) is 0.149. The molecule has 0 rings (SSSR count). The lowest BCUT2D eigenvalue weighted by atomic mass is 9.99. The normalized spacial score (nSPS) is 14.4. The molecule has 0 amide bonds. The lowest BCUT2D eigenvalue weighted by molar-refractivity contribution is -0.140. The molecule has 0 aromatic heterocycles. The van der Waals surface area contributed by atoms with Gasteiger partial charge < -0.3 is 16.6 Å². The number of nitrogens with zero attached hydrogens (tertiary/aromatic N) is 1. The number of carboxylic acids is 1. The molecular weight excluding hydrogens is 186 g/mol. The van der Waals surface area contributed by atoms with Gasteiger partial charge in [0.1, 0.15) is 6.04 Å². The van der Waals surface area contributed by atoms with E-state index >= 15 is 0 Å². The summed E-state index contributed by atoms with van der Waals surface area (Å²) in [6.07, 6.45) is 0.555. The van der Waals surface area contributed by atoms with Crippen molar-refractivity contribution in [3.8, 4) is 0 Å². The average molecular weight is 203 g/mol. The second-order valence-electron chi connectivity index (χ2n) is 3.06. The molecule has 0 aromatic rings. The molecule has 0 aromatic carbocycles. The highest BCUT2D eigenvalue weighted by molar-refractivity contribution is 5.75. The van der Waals surface area contributed by atoms with E-state index in [0.717, 1.165) is 0 Å². The molecule has 8 N–H and O–H groups in total. The van der Waals surface area contributed by atoms with Gasteiger partial charge in [-0.2, -0.15) is 0 Å². The maximum Gasteiger partial charge on any atom is 0.322 e. The van der Waals surface area contributed by atoms with Gasteiger partial charge in [-0.25, -0.2) is 5.43 Å². The van der Waals surface area contributed by atoms with Gasteiger partial charge in [0.05, 0.1) is 0 Å². The molecule has 2 unspecified atom stereocenters.